The molecule has 0 radical (unpaired) electrons. The lowest BCUT2D eigenvalue weighted by Crippen LogP contribution is -2.59. The molecule has 2 N–H and O–H groups in total. The minimum absolute atomic E-state index is 0.0689. The first-order chi connectivity index (χ1) is 14.5. The van der Waals surface area contributed by atoms with Gasteiger partial charge in [0.05, 0.1) is 24.2 Å². The van der Waals surface area contributed by atoms with Crippen LogP contribution in [0.1, 0.15) is 35.2 Å². The zero-order valence-corrected chi connectivity index (χ0v) is 17.4. The number of nitrogens with zero attached hydrogens (tertiary/aromatic N) is 1. The average molecular weight is 426 g/mol. The van der Waals surface area contributed by atoms with E-state index in [1.807, 2.05) is 53.4 Å². The van der Waals surface area contributed by atoms with E-state index < -0.39 is 5.66 Å². The molecule has 3 aliphatic rings. The van der Waals surface area contributed by atoms with Crippen LogP contribution < -0.4 is 10.6 Å². The molecule has 7 heteroatoms. The Labute approximate surface area is 180 Å². The zero-order chi connectivity index (χ0) is 20.8. The standard InChI is InChI=1S/C23H24ClN3O3/c24-17-7-5-16(6-8-17)13-20(28)27-11-9-22(10-12-27)14-23(15-30-22)25-19-4-2-1-3-18(19)21(29)26-23/h1-8,25H,9-15H2,(H,26,29). The molecule has 1 unspecified atom stereocenters. The fourth-order valence-electron chi connectivity index (χ4n) is 4.83. The molecule has 30 heavy (non-hydrogen) atoms. The number of hydrogen-bond acceptors (Lipinski definition) is 4. The van der Waals surface area contributed by atoms with E-state index in [1.54, 1.807) is 0 Å². The van der Waals surface area contributed by atoms with Crippen LogP contribution in [-0.4, -0.2) is 47.7 Å². The molecular weight excluding hydrogens is 402 g/mol. The van der Waals surface area contributed by atoms with Crippen molar-refractivity contribution in [2.75, 3.05) is 25.0 Å². The number of ether oxygens (including phenoxy) is 1. The Hall–Kier alpha value is -2.57. The Morgan fingerprint density at radius 3 is 2.57 bits per heavy atom. The van der Waals surface area contributed by atoms with E-state index in [1.165, 1.54) is 0 Å². The summed E-state index contributed by atoms with van der Waals surface area (Å²) in [6.45, 7) is 1.74. The summed E-state index contributed by atoms with van der Waals surface area (Å²) in [5, 5.41) is 7.29. The van der Waals surface area contributed by atoms with Crippen LogP contribution in [-0.2, 0) is 16.0 Å². The Kier molecular flexibility index (Phi) is 4.71. The van der Waals surface area contributed by atoms with Gasteiger partial charge in [-0.05, 0) is 42.7 Å². The summed E-state index contributed by atoms with van der Waals surface area (Å²) in [5.74, 6) is 0.0542. The predicted molar refractivity (Wildman–Crippen MR) is 115 cm³/mol. The van der Waals surface area contributed by atoms with Gasteiger partial charge in [0, 0.05) is 30.2 Å². The number of hydrogen-bond donors (Lipinski definition) is 2. The first-order valence-corrected chi connectivity index (χ1v) is 10.7. The molecule has 2 saturated heterocycles. The van der Waals surface area contributed by atoms with Crippen LogP contribution >= 0.6 is 11.6 Å². The molecule has 3 aliphatic heterocycles. The maximum absolute atomic E-state index is 12.7. The van der Waals surface area contributed by atoms with Crippen molar-refractivity contribution in [1.29, 1.82) is 0 Å². The predicted octanol–water partition coefficient (Wildman–Crippen LogP) is 3.22. The molecule has 5 rings (SSSR count). The van der Waals surface area contributed by atoms with Crippen LogP contribution in [0.4, 0.5) is 5.69 Å². The van der Waals surface area contributed by atoms with Crippen LogP contribution in [0, 0.1) is 0 Å². The number of rotatable bonds is 2. The maximum atomic E-state index is 12.7. The summed E-state index contributed by atoms with van der Waals surface area (Å²) in [7, 11) is 0. The Morgan fingerprint density at radius 1 is 1.07 bits per heavy atom. The number of amides is 2. The molecule has 0 aromatic heterocycles. The van der Waals surface area contributed by atoms with Gasteiger partial charge in [-0.3, -0.25) is 9.59 Å². The van der Waals surface area contributed by atoms with Crippen molar-refractivity contribution in [2.45, 2.75) is 36.9 Å². The molecular formula is C23H24ClN3O3. The third-order valence-corrected chi connectivity index (χ3v) is 6.70. The van der Waals surface area contributed by atoms with Gasteiger partial charge in [-0.25, -0.2) is 0 Å². The Balaban J connectivity index is 1.22. The number of nitrogens with one attached hydrogen (secondary N) is 2. The van der Waals surface area contributed by atoms with E-state index >= 15 is 0 Å². The monoisotopic (exact) mass is 425 g/mol. The van der Waals surface area contributed by atoms with Gasteiger partial charge in [0.2, 0.25) is 5.91 Å². The van der Waals surface area contributed by atoms with Gasteiger partial charge < -0.3 is 20.3 Å². The number of carbonyl (C=O) groups is 2. The minimum atomic E-state index is -0.582. The van der Waals surface area contributed by atoms with Crippen molar-refractivity contribution in [3.05, 3.63) is 64.7 Å². The first kappa shape index (κ1) is 19.4. The highest BCUT2D eigenvalue weighted by Gasteiger charge is 2.53. The third-order valence-electron chi connectivity index (χ3n) is 6.44. The molecule has 156 valence electrons. The number of fused-ring (bicyclic) bond motifs is 1. The second-order valence-electron chi connectivity index (χ2n) is 8.54. The molecule has 6 nitrogen and oxygen atoms in total. The SMILES string of the molecule is O=C1NC2(COC3(CCN(C(=O)Cc4ccc(Cl)cc4)CC3)C2)Nc2ccccc21. The first-order valence-electron chi connectivity index (χ1n) is 10.3. The lowest BCUT2D eigenvalue weighted by molar-refractivity contribution is -0.135. The van der Waals surface area contributed by atoms with Gasteiger partial charge in [0.15, 0.2) is 0 Å². The molecule has 3 heterocycles. The van der Waals surface area contributed by atoms with Gasteiger partial charge >= 0.3 is 0 Å². The number of piperidine rings is 1. The number of likely N-dealkylation sites (tertiary alicyclic amines) is 1. The van der Waals surface area contributed by atoms with Gasteiger partial charge in [-0.2, -0.15) is 0 Å². The summed E-state index contributed by atoms with van der Waals surface area (Å²) in [5.41, 5.74) is 1.57. The molecule has 0 bridgehead atoms. The number of halogens is 1. The highest BCUT2D eigenvalue weighted by Crippen LogP contribution is 2.42. The largest absolute Gasteiger partial charge is 0.370 e. The van der Waals surface area contributed by atoms with Gasteiger partial charge in [-0.15, -0.1) is 0 Å². The number of carbonyl (C=O) groups excluding carboxylic acids is 2. The van der Waals surface area contributed by atoms with Crippen molar-refractivity contribution >= 4 is 29.1 Å². The van der Waals surface area contributed by atoms with E-state index in [-0.39, 0.29) is 17.4 Å². The summed E-state index contributed by atoms with van der Waals surface area (Å²) in [6.07, 6.45) is 2.60. The van der Waals surface area contributed by atoms with E-state index in [0.29, 0.717) is 43.1 Å². The van der Waals surface area contributed by atoms with Crippen LogP contribution in [0.15, 0.2) is 48.5 Å². The molecule has 2 aromatic carbocycles. The van der Waals surface area contributed by atoms with Crippen LogP contribution in [0.2, 0.25) is 5.02 Å². The molecule has 1 atom stereocenters. The molecule has 2 spiro atoms. The van der Waals surface area contributed by atoms with E-state index in [2.05, 4.69) is 10.6 Å². The fourth-order valence-corrected chi connectivity index (χ4v) is 4.95. The fraction of sp³-hybridized carbons (Fsp3) is 0.391. The van der Waals surface area contributed by atoms with Crippen molar-refractivity contribution < 1.29 is 14.3 Å². The molecule has 2 aromatic rings. The highest BCUT2D eigenvalue weighted by molar-refractivity contribution is 6.30. The van der Waals surface area contributed by atoms with E-state index in [4.69, 9.17) is 16.3 Å². The third kappa shape index (κ3) is 3.55. The molecule has 0 aliphatic carbocycles. The van der Waals surface area contributed by atoms with Crippen LogP contribution in [0.5, 0.6) is 0 Å². The van der Waals surface area contributed by atoms with Gasteiger partial charge in [0.1, 0.15) is 5.66 Å². The molecule has 2 amide bonds. The second kappa shape index (κ2) is 7.29. The van der Waals surface area contributed by atoms with Crippen LogP contribution in [0.25, 0.3) is 0 Å². The van der Waals surface area contributed by atoms with Gasteiger partial charge in [-0.1, -0.05) is 35.9 Å². The van der Waals surface area contributed by atoms with E-state index in [9.17, 15) is 9.59 Å². The van der Waals surface area contributed by atoms with Crippen LogP contribution in [0.3, 0.4) is 0 Å². The lowest BCUT2D eigenvalue weighted by Gasteiger charge is -2.41. The zero-order valence-electron chi connectivity index (χ0n) is 16.6. The summed E-state index contributed by atoms with van der Waals surface area (Å²) >= 11 is 5.92. The molecule has 2 fully saturated rings. The quantitative estimate of drug-likeness (QED) is 0.775. The van der Waals surface area contributed by atoms with Crippen molar-refractivity contribution in [3.63, 3.8) is 0 Å². The topological polar surface area (TPSA) is 70.7 Å². The summed E-state index contributed by atoms with van der Waals surface area (Å²) in [4.78, 5) is 27.2. The lowest BCUT2D eigenvalue weighted by atomic mass is 9.84. The number of anilines is 1. The number of para-hydroxylation sites is 1. The Bertz CT molecular complexity index is 985. The van der Waals surface area contributed by atoms with Gasteiger partial charge in [0.25, 0.3) is 5.91 Å². The normalized spacial score (nSPS) is 24.4. The summed E-state index contributed by atoms with van der Waals surface area (Å²) < 4.78 is 6.27. The smallest absolute Gasteiger partial charge is 0.255 e. The summed E-state index contributed by atoms with van der Waals surface area (Å²) in [6, 6.07) is 14.9. The maximum Gasteiger partial charge on any atom is 0.255 e. The number of benzene rings is 2. The Morgan fingerprint density at radius 2 is 1.80 bits per heavy atom. The van der Waals surface area contributed by atoms with Crippen molar-refractivity contribution in [3.8, 4) is 0 Å². The minimum Gasteiger partial charge on any atom is -0.370 e. The van der Waals surface area contributed by atoms with E-state index in [0.717, 1.165) is 24.1 Å². The average Bonchev–Trinajstić information content (AvgIpc) is 3.07. The van der Waals surface area contributed by atoms with Crippen molar-refractivity contribution in [2.24, 2.45) is 0 Å². The van der Waals surface area contributed by atoms with Crippen molar-refractivity contribution in [1.82, 2.24) is 10.2 Å². The highest BCUT2D eigenvalue weighted by atomic mass is 35.5. The molecule has 0 saturated carbocycles. The second-order valence-corrected chi connectivity index (χ2v) is 8.98.